The van der Waals surface area contributed by atoms with Crippen molar-refractivity contribution < 1.29 is 44.3 Å². The number of hydrogen-bond acceptors (Lipinski definition) is 10. The summed E-state index contributed by atoms with van der Waals surface area (Å²) in [5.74, 6) is -1.00. The Morgan fingerprint density at radius 2 is 1.93 bits per heavy atom. The summed E-state index contributed by atoms with van der Waals surface area (Å²) in [6.45, 7) is 1.11. The molecule has 1 aliphatic rings. The van der Waals surface area contributed by atoms with Gasteiger partial charge in [0.05, 0.1) is 12.2 Å². The summed E-state index contributed by atoms with van der Waals surface area (Å²) in [5, 5.41) is 43.9. The van der Waals surface area contributed by atoms with Crippen LogP contribution in [0, 0.1) is 22.0 Å². The van der Waals surface area contributed by atoms with Crippen molar-refractivity contribution in [2.24, 2.45) is 11.8 Å². The summed E-state index contributed by atoms with van der Waals surface area (Å²) >= 11 is 5.94. The van der Waals surface area contributed by atoms with Gasteiger partial charge in [0, 0.05) is 29.3 Å². The maximum atomic E-state index is 12.5. The first-order chi connectivity index (χ1) is 21.5. The fraction of sp³-hybridized carbons (Fsp3) is 0.438. The van der Waals surface area contributed by atoms with Crippen molar-refractivity contribution >= 4 is 23.5 Å². The number of rotatable bonds is 17. The fourth-order valence-electron chi connectivity index (χ4n) is 4.92. The zero-order valence-electron chi connectivity index (χ0n) is 24.9. The van der Waals surface area contributed by atoms with Crippen LogP contribution in [0.5, 0.6) is 11.5 Å². The van der Waals surface area contributed by atoms with Crippen molar-refractivity contribution in [3.05, 3.63) is 93.5 Å². The molecule has 0 bridgehead atoms. The minimum absolute atomic E-state index is 0.00963. The molecule has 0 radical (unpaired) electrons. The monoisotopic (exact) mass is 646 g/mol. The molecular weight excluding hydrogens is 608 g/mol. The van der Waals surface area contributed by atoms with Gasteiger partial charge < -0.3 is 34.9 Å². The summed E-state index contributed by atoms with van der Waals surface area (Å²) in [4.78, 5) is 39.6. The zero-order valence-corrected chi connectivity index (χ0v) is 25.6. The number of amides is 1. The number of allylic oxidation sites excluding steroid dienone is 2. The summed E-state index contributed by atoms with van der Waals surface area (Å²) in [5.41, 5.74) is 0.312. The number of nitrogens with one attached hydrogen (secondary N) is 1. The summed E-state index contributed by atoms with van der Waals surface area (Å²) in [6, 6.07) is 12.1. The maximum Gasteiger partial charge on any atom is 0.333 e. The predicted molar refractivity (Wildman–Crippen MR) is 165 cm³/mol. The molecule has 45 heavy (non-hydrogen) atoms. The van der Waals surface area contributed by atoms with Crippen LogP contribution in [0.25, 0.3) is 0 Å². The number of esters is 1. The van der Waals surface area contributed by atoms with E-state index in [1.165, 1.54) is 19.1 Å². The summed E-state index contributed by atoms with van der Waals surface area (Å²) < 4.78 is 10.9. The zero-order chi connectivity index (χ0) is 32.8. The number of ether oxygens (including phenoxy) is 2. The first-order valence-electron chi connectivity index (χ1n) is 14.7. The van der Waals surface area contributed by atoms with Crippen LogP contribution < -0.4 is 14.8 Å². The van der Waals surface area contributed by atoms with Crippen LogP contribution in [0.2, 0.25) is 5.02 Å². The van der Waals surface area contributed by atoms with Crippen LogP contribution in [-0.2, 0) is 21.0 Å². The van der Waals surface area contributed by atoms with Gasteiger partial charge in [0.15, 0.2) is 0 Å². The Morgan fingerprint density at radius 3 is 2.69 bits per heavy atom. The maximum absolute atomic E-state index is 12.5. The molecule has 4 N–H and O–H groups in total. The lowest BCUT2D eigenvalue weighted by atomic mass is 9.89. The highest BCUT2D eigenvalue weighted by molar-refractivity contribution is 6.30. The van der Waals surface area contributed by atoms with E-state index in [2.05, 4.69) is 10.2 Å². The number of carbonyl (C=O) groups excluding carboxylic acids is 2. The van der Waals surface area contributed by atoms with Gasteiger partial charge in [0.2, 0.25) is 5.91 Å². The van der Waals surface area contributed by atoms with Crippen LogP contribution in [-0.4, -0.2) is 63.2 Å². The van der Waals surface area contributed by atoms with E-state index in [0.717, 1.165) is 0 Å². The summed E-state index contributed by atoms with van der Waals surface area (Å²) in [6.07, 6.45) is 6.76. The minimum atomic E-state index is -0.945. The van der Waals surface area contributed by atoms with Gasteiger partial charge in [-0.1, -0.05) is 60.2 Å². The Bertz CT molecular complexity index is 1340. The molecule has 3 rings (SSSR count). The average molecular weight is 647 g/mol. The molecule has 0 aromatic heterocycles. The van der Waals surface area contributed by atoms with E-state index in [0.29, 0.717) is 35.6 Å². The SMILES string of the molecule is CC(NC(=O)CCC/C=C\C[C@@H]1[C@@H](/C=C/[C@@H](O)COc2cccc(Cl)c2)[C@H](O)C[C@@H]1O)C(=O)Oc1ccccc1CO[N+](=O)[O-]. The van der Waals surface area contributed by atoms with Crippen molar-refractivity contribution in [1.82, 2.24) is 5.32 Å². The predicted octanol–water partition coefficient (Wildman–Crippen LogP) is 3.93. The van der Waals surface area contributed by atoms with Crippen molar-refractivity contribution in [3.63, 3.8) is 0 Å². The Hall–Kier alpha value is -3.97. The molecule has 2 aromatic carbocycles. The van der Waals surface area contributed by atoms with E-state index in [9.17, 15) is 35.0 Å². The number of unbranched alkanes of at least 4 members (excludes halogenated alkanes) is 1. The van der Waals surface area contributed by atoms with Crippen LogP contribution in [0.4, 0.5) is 0 Å². The van der Waals surface area contributed by atoms with Gasteiger partial charge in [-0.15, -0.1) is 10.1 Å². The minimum Gasteiger partial charge on any atom is -0.491 e. The lowest BCUT2D eigenvalue weighted by molar-refractivity contribution is -0.763. The lowest BCUT2D eigenvalue weighted by Gasteiger charge is -2.19. The molecule has 0 spiro atoms. The highest BCUT2D eigenvalue weighted by Gasteiger charge is 2.39. The normalized spacial score (nSPS) is 21.0. The second kappa shape index (κ2) is 18.1. The third kappa shape index (κ3) is 12.1. The number of para-hydroxylation sites is 1. The van der Waals surface area contributed by atoms with E-state index in [1.54, 1.807) is 48.6 Å². The molecule has 1 amide bonds. The van der Waals surface area contributed by atoms with Gasteiger partial charge in [-0.3, -0.25) is 4.79 Å². The number of halogens is 1. The Morgan fingerprint density at radius 1 is 1.16 bits per heavy atom. The highest BCUT2D eigenvalue weighted by atomic mass is 35.5. The number of aliphatic hydroxyl groups excluding tert-OH is 3. The highest BCUT2D eigenvalue weighted by Crippen LogP contribution is 2.36. The van der Waals surface area contributed by atoms with E-state index in [1.807, 2.05) is 12.2 Å². The van der Waals surface area contributed by atoms with Crippen LogP contribution >= 0.6 is 11.6 Å². The Labute approximate surface area is 266 Å². The van der Waals surface area contributed by atoms with Crippen molar-refractivity contribution in [2.75, 3.05) is 6.61 Å². The van der Waals surface area contributed by atoms with Crippen LogP contribution in [0.15, 0.2) is 72.8 Å². The quantitative estimate of drug-likeness (QED) is 0.0492. The first kappa shape index (κ1) is 35.5. The van der Waals surface area contributed by atoms with Crippen LogP contribution in [0.3, 0.4) is 0 Å². The Balaban J connectivity index is 1.38. The number of carbonyl (C=O) groups is 2. The number of aliphatic hydroxyl groups is 3. The van der Waals surface area contributed by atoms with Gasteiger partial charge in [0.1, 0.15) is 36.9 Å². The third-order valence-electron chi connectivity index (χ3n) is 7.28. The number of benzene rings is 2. The van der Waals surface area contributed by atoms with Crippen molar-refractivity contribution in [1.29, 1.82) is 0 Å². The van der Waals surface area contributed by atoms with E-state index in [-0.39, 0.29) is 49.5 Å². The molecule has 6 atom stereocenters. The second-order valence-electron chi connectivity index (χ2n) is 10.7. The third-order valence-corrected chi connectivity index (χ3v) is 7.51. The molecule has 1 fully saturated rings. The lowest BCUT2D eigenvalue weighted by Crippen LogP contribution is -2.40. The molecule has 1 unspecified atom stereocenters. The van der Waals surface area contributed by atoms with Gasteiger partial charge in [0.25, 0.3) is 5.09 Å². The summed E-state index contributed by atoms with van der Waals surface area (Å²) in [7, 11) is 0. The fourth-order valence-corrected chi connectivity index (χ4v) is 5.10. The molecule has 0 aliphatic heterocycles. The van der Waals surface area contributed by atoms with E-state index < -0.39 is 35.4 Å². The molecule has 12 nitrogen and oxygen atoms in total. The van der Waals surface area contributed by atoms with E-state index in [4.69, 9.17) is 21.1 Å². The molecule has 0 heterocycles. The van der Waals surface area contributed by atoms with E-state index >= 15 is 0 Å². The Kier molecular flexibility index (Phi) is 14.3. The van der Waals surface area contributed by atoms with Crippen molar-refractivity contribution in [3.8, 4) is 11.5 Å². The average Bonchev–Trinajstić information content (AvgIpc) is 3.27. The molecule has 244 valence electrons. The molecule has 2 aromatic rings. The number of hydrogen-bond donors (Lipinski definition) is 4. The standard InChI is InChI=1S/C32H39ClN2O10/c1-21(32(40)45-30-13-7-6-9-22(30)19-44-35(41)42)34-31(39)14-5-3-2-4-12-26-27(29(38)18-28(26)37)16-15-24(36)20-43-25-11-8-10-23(33)17-25/h2,4,6-11,13,15-17,21,24,26-29,36-38H,3,5,12,14,18-20H2,1H3,(H,34,39)/b4-2-,16-15+/t21?,24-,26-,27-,28+,29-/m1/s1. The molecule has 1 aliphatic carbocycles. The largest absolute Gasteiger partial charge is 0.491 e. The molecule has 1 saturated carbocycles. The number of nitrogens with zero attached hydrogens (tertiary/aromatic N) is 1. The topological polar surface area (TPSA) is 178 Å². The first-order valence-corrected chi connectivity index (χ1v) is 15.0. The van der Waals surface area contributed by atoms with Crippen LogP contribution in [0.1, 0.15) is 44.6 Å². The molecular formula is C32H39ClN2O10. The molecule has 0 saturated heterocycles. The smallest absolute Gasteiger partial charge is 0.333 e. The van der Waals surface area contributed by atoms with Gasteiger partial charge >= 0.3 is 5.97 Å². The van der Waals surface area contributed by atoms with Gasteiger partial charge in [-0.2, -0.15) is 0 Å². The second-order valence-corrected chi connectivity index (χ2v) is 11.2. The van der Waals surface area contributed by atoms with Gasteiger partial charge in [-0.25, -0.2) is 4.79 Å². The van der Waals surface area contributed by atoms with Crippen molar-refractivity contribution in [2.45, 2.75) is 70.0 Å². The van der Waals surface area contributed by atoms with Gasteiger partial charge in [-0.05, 0) is 56.4 Å². The molecule has 13 heteroatoms.